The number of esters is 1. The topological polar surface area (TPSA) is 90.6 Å². The average molecular weight is 443 g/mol. The van der Waals surface area contributed by atoms with Gasteiger partial charge in [-0.3, -0.25) is 0 Å². The van der Waals surface area contributed by atoms with Crippen molar-refractivity contribution in [3.63, 3.8) is 0 Å². The molecule has 4 rings (SSSR count). The summed E-state index contributed by atoms with van der Waals surface area (Å²) in [6.45, 7) is 0.726. The molecular weight excluding hydrogens is 416 g/mol. The van der Waals surface area contributed by atoms with Gasteiger partial charge in [-0.2, -0.15) is 0 Å². The highest BCUT2D eigenvalue weighted by molar-refractivity contribution is 5.95. The summed E-state index contributed by atoms with van der Waals surface area (Å²) >= 11 is 0. The van der Waals surface area contributed by atoms with E-state index in [0.29, 0.717) is 24.2 Å². The van der Waals surface area contributed by atoms with Gasteiger partial charge in [0.15, 0.2) is 0 Å². The number of benzene rings is 3. The fraction of sp³-hybridized carbons (Fsp3) is 0.185. The van der Waals surface area contributed by atoms with Gasteiger partial charge in [-0.1, -0.05) is 66.7 Å². The molecule has 6 heteroatoms. The summed E-state index contributed by atoms with van der Waals surface area (Å²) in [7, 11) is 1.32. The first-order chi connectivity index (χ1) is 16.1. The number of alkyl carbamates (subject to hydrolysis) is 1. The number of methoxy groups -OCH3 is 1. The number of carbonyl (C=O) groups is 2. The summed E-state index contributed by atoms with van der Waals surface area (Å²) in [5.41, 5.74) is 12.1. The number of anilines is 1. The Morgan fingerprint density at radius 3 is 2.33 bits per heavy atom. The van der Waals surface area contributed by atoms with Gasteiger partial charge in [-0.15, -0.1) is 0 Å². The molecule has 0 heterocycles. The zero-order chi connectivity index (χ0) is 23.2. The summed E-state index contributed by atoms with van der Waals surface area (Å²) in [5.74, 6) is -0.433. The third-order valence-electron chi connectivity index (χ3n) is 5.72. The summed E-state index contributed by atoms with van der Waals surface area (Å²) in [6, 6.07) is 21.6. The van der Waals surface area contributed by atoms with Crippen LogP contribution < -0.4 is 11.1 Å². The van der Waals surface area contributed by atoms with Gasteiger partial charge in [0.05, 0.1) is 12.7 Å². The first-order valence-electron chi connectivity index (χ1n) is 10.8. The van der Waals surface area contributed by atoms with E-state index in [1.807, 2.05) is 42.5 Å². The van der Waals surface area contributed by atoms with Crippen LogP contribution in [0.25, 0.3) is 17.2 Å². The highest BCUT2D eigenvalue weighted by Gasteiger charge is 2.28. The van der Waals surface area contributed by atoms with Gasteiger partial charge in [0, 0.05) is 18.2 Å². The molecule has 0 spiro atoms. The van der Waals surface area contributed by atoms with Crippen LogP contribution in [-0.4, -0.2) is 32.3 Å². The van der Waals surface area contributed by atoms with Crippen molar-refractivity contribution in [1.82, 2.24) is 5.32 Å². The molecule has 6 nitrogen and oxygen atoms in total. The molecule has 3 aromatic rings. The second-order valence-electron chi connectivity index (χ2n) is 7.78. The average Bonchev–Trinajstić information content (AvgIpc) is 3.16. The van der Waals surface area contributed by atoms with Crippen LogP contribution in [0.3, 0.4) is 0 Å². The Balaban J connectivity index is 1.27. The lowest BCUT2D eigenvalue weighted by molar-refractivity contribution is 0.0602. The van der Waals surface area contributed by atoms with Crippen molar-refractivity contribution in [3.05, 3.63) is 95.1 Å². The number of hydrogen-bond acceptors (Lipinski definition) is 5. The number of hydrogen-bond donors (Lipinski definition) is 2. The van der Waals surface area contributed by atoms with Gasteiger partial charge in [0.25, 0.3) is 0 Å². The van der Waals surface area contributed by atoms with Crippen molar-refractivity contribution >= 4 is 23.8 Å². The zero-order valence-electron chi connectivity index (χ0n) is 18.4. The van der Waals surface area contributed by atoms with E-state index in [-0.39, 0.29) is 12.5 Å². The molecule has 1 amide bonds. The molecule has 0 unspecified atom stereocenters. The van der Waals surface area contributed by atoms with Crippen LogP contribution in [0.2, 0.25) is 0 Å². The third kappa shape index (κ3) is 4.90. The van der Waals surface area contributed by atoms with Crippen LogP contribution in [0, 0.1) is 0 Å². The molecule has 0 radical (unpaired) electrons. The van der Waals surface area contributed by atoms with Gasteiger partial charge in [-0.25, -0.2) is 9.59 Å². The Labute approximate surface area is 193 Å². The lowest BCUT2D eigenvalue weighted by Gasteiger charge is -2.14. The number of ether oxygens (including phenoxy) is 2. The fourth-order valence-corrected chi connectivity index (χ4v) is 4.09. The molecule has 1 aliphatic carbocycles. The van der Waals surface area contributed by atoms with Gasteiger partial charge in [-0.05, 0) is 46.4 Å². The standard InChI is InChI=1S/C27H26N2O4/c1-32-26(30)23-16-18(13-14-25(23)28)8-6-7-15-29-27(31)33-17-24-21-11-4-2-9-19(21)20-10-3-5-12-22(20)24/h2-6,8-14,16,24H,7,15,17,28H2,1H3,(H,29,31). The molecule has 33 heavy (non-hydrogen) atoms. The van der Waals surface area contributed by atoms with Crippen molar-refractivity contribution in [3.8, 4) is 11.1 Å². The molecule has 1 aliphatic rings. The van der Waals surface area contributed by atoms with Crippen LogP contribution in [0.15, 0.2) is 72.8 Å². The normalized spacial score (nSPS) is 12.3. The van der Waals surface area contributed by atoms with Crippen molar-refractivity contribution in [2.75, 3.05) is 26.0 Å². The van der Waals surface area contributed by atoms with E-state index in [1.54, 1.807) is 12.1 Å². The van der Waals surface area contributed by atoms with Crippen molar-refractivity contribution in [2.24, 2.45) is 0 Å². The number of amides is 1. The summed E-state index contributed by atoms with van der Waals surface area (Å²) in [5, 5.41) is 2.78. The van der Waals surface area contributed by atoms with Gasteiger partial charge in [0.2, 0.25) is 0 Å². The van der Waals surface area contributed by atoms with Crippen LogP contribution in [0.1, 0.15) is 39.4 Å². The monoisotopic (exact) mass is 442 g/mol. The van der Waals surface area contributed by atoms with Crippen molar-refractivity contribution in [2.45, 2.75) is 12.3 Å². The molecule has 0 atom stereocenters. The molecule has 0 bridgehead atoms. The molecule has 0 fully saturated rings. The van der Waals surface area contributed by atoms with Crippen molar-refractivity contribution < 1.29 is 19.1 Å². The molecular formula is C27H26N2O4. The maximum absolute atomic E-state index is 12.2. The Morgan fingerprint density at radius 1 is 1.00 bits per heavy atom. The van der Waals surface area contributed by atoms with Gasteiger partial charge < -0.3 is 20.5 Å². The number of nitrogens with one attached hydrogen (secondary N) is 1. The van der Waals surface area contributed by atoms with E-state index in [1.165, 1.54) is 29.4 Å². The van der Waals surface area contributed by atoms with E-state index in [0.717, 1.165) is 5.56 Å². The maximum Gasteiger partial charge on any atom is 0.407 e. The van der Waals surface area contributed by atoms with E-state index < -0.39 is 12.1 Å². The summed E-state index contributed by atoms with van der Waals surface area (Å²) in [4.78, 5) is 24.0. The Kier molecular flexibility index (Phi) is 6.74. The van der Waals surface area contributed by atoms with E-state index in [4.69, 9.17) is 15.2 Å². The first-order valence-corrected chi connectivity index (χ1v) is 10.8. The van der Waals surface area contributed by atoms with E-state index in [9.17, 15) is 9.59 Å². The Hall–Kier alpha value is -4.06. The largest absolute Gasteiger partial charge is 0.465 e. The molecule has 0 aromatic heterocycles. The number of fused-ring (bicyclic) bond motifs is 3. The summed E-state index contributed by atoms with van der Waals surface area (Å²) in [6.07, 6.45) is 3.95. The first kappa shape index (κ1) is 22.1. The number of nitrogen functional groups attached to an aromatic ring is 1. The molecule has 0 aliphatic heterocycles. The van der Waals surface area contributed by atoms with E-state index >= 15 is 0 Å². The predicted molar refractivity (Wildman–Crippen MR) is 129 cm³/mol. The summed E-state index contributed by atoms with van der Waals surface area (Å²) < 4.78 is 10.3. The van der Waals surface area contributed by atoms with Gasteiger partial charge >= 0.3 is 12.1 Å². The minimum absolute atomic E-state index is 0.0394. The van der Waals surface area contributed by atoms with Crippen molar-refractivity contribution in [1.29, 1.82) is 0 Å². The lowest BCUT2D eigenvalue weighted by atomic mass is 9.98. The third-order valence-corrected chi connectivity index (χ3v) is 5.72. The second-order valence-corrected chi connectivity index (χ2v) is 7.78. The minimum Gasteiger partial charge on any atom is -0.465 e. The Morgan fingerprint density at radius 2 is 1.67 bits per heavy atom. The van der Waals surface area contributed by atoms with E-state index in [2.05, 4.69) is 29.6 Å². The highest BCUT2D eigenvalue weighted by atomic mass is 16.5. The van der Waals surface area contributed by atoms with Crippen LogP contribution >= 0.6 is 0 Å². The molecule has 3 N–H and O–H groups in total. The SMILES string of the molecule is COC(=O)c1cc(C=CCCNC(=O)OCC2c3ccccc3-c3ccccc32)ccc1N. The molecule has 0 saturated carbocycles. The smallest absolute Gasteiger partial charge is 0.407 e. The maximum atomic E-state index is 12.2. The van der Waals surface area contributed by atoms with Gasteiger partial charge in [0.1, 0.15) is 6.61 Å². The van der Waals surface area contributed by atoms with Crippen LogP contribution in [-0.2, 0) is 9.47 Å². The zero-order valence-corrected chi connectivity index (χ0v) is 18.4. The highest BCUT2D eigenvalue weighted by Crippen LogP contribution is 2.44. The quantitative estimate of drug-likeness (QED) is 0.305. The van der Waals surface area contributed by atoms with Crippen LogP contribution in [0.5, 0.6) is 0 Å². The Bertz CT molecular complexity index is 1160. The number of nitrogens with two attached hydrogens (primary N) is 1. The molecule has 0 saturated heterocycles. The minimum atomic E-state index is -0.473. The predicted octanol–water partition coefficient (Wildman–Crippen LogP) is 5.00. The number of carbonyl (C=O) groups excluding carboxylic acids is 2. The molecule has 3 aromatic carbocycles. The second kappa shape index (κ2) is 10.0. The lowest BCUT2D eigenvalue weighted by Crippen LogP contribution is -2.26. The van der Waals surface area contributed by atoms with Crippen LogP contribution in [0.4, 0.5) is 10.5 Å². The molecule has 168 valence electrons. The number of rotatable bonds is 7. The fourth-order valence-electron chi connectivity index (χ4n) is 4.09.